The molecule has 0 aliphatic rings. The highest BCUT2D eigenvalue weighted by molar-refractivity contribution is 5.80. The first kappa shape index (κ1) is 24.9. The van der Waals surface area contributed by atoms with E-state index in [-0.39, 0.29) is 23.7 Å². The Morgan fingerprint density at radius 2 is 2.03 bits per heavy atom. The fourth-order valence-corrected chi connectivity index (χ4v) is 4.07. The van der Waals surface area contributed by atoms with Crippen LogP contribution in [0.2, 0.25) is 0 Å². The number of rotatable bonds is 11. The van der Waals surface area contributed by atoms with Crippen LogP contribution in [0.4, 0.5) is 0 Å². The molecule has 0 aliphatic carbocycles. The minimum absolute atomic E-state index is 0.0748. The lowest BCUT2D eigenvalue weighted by Crippen LogP contribution is -2.36. The standard InChI is InChI=1S/C24H36N6O3/c1-6-9-21(22-26-27-28-30(22)24(3,4)5)29(12-8-13-31)16-18-14-17-15-19(33-7-2)10-11-20(17)25-23(18)32/h10-11,14-15,21,31H,6-9,12-13,16H2,1-5H3,(H,25,32)/t21-/m0/s1. The van der Waals surface area contributed by atoms with E-state index in [1.165, 1.54) is 0 Å². The highest BCUT2D eigenvalue weighted by atomic mass is 16.5. The molecule has 2 N–H and O–H groups in total. The fraction of sp³-hybridized carbons (Fsp3) is 0.583. The monoisotopic (exact) mass is 456 g/mol. The predicted octanol–water partition coefficient (Wildman–Crippen LogP) is 3.39. The molecule has 3 aromatic rings. The maximum atomic E-state index is 12.9. The van der Waals surface area contributed by atoms with Crippen LogP contribution in [-0.2, 0) is 12.1 Å². The van der Waals surface area contributed by atoms with Crippen molar-refractivity contribution in [3.05, 3.63) is 46.0 Å². The van der Waals surface area contributed by atoms with E-state index in [2.05, 4.69) is 53.1 Å². The van der Waals surface area contributed by atoms with Crippen LogP contribution in [0.5, 0.6) is 5.75 Å². The van der Waals surface area contributed by atoms with Crippen LogP contribution in [-0.4, -0.2) is 55.0 Å². The first-order chi connectivity index (χ1) is 15.8. The molecule has 3 rings (SSSR count). The molecule has 180 valence electrons. The summed E-state index contributed by atoms with van der Waals surface area (Å²) in [4.78, 5) is 18.1. The minimum Gasteiger partial charge on any atom is -0.494 e. The summed E-state index contributed by atoms with van der Waals surface area (Å²) in [5.41, 5.74) is 1.04. The molecule has 0 saturated heterocycles. The Balaban J connectivity index is 2.01. The smallest absolute Gasteiger partial charge is 0.252 e. The van der Waals surface area contributed by atoms with E-state index in [1.807, 2.05) is 35.9 Å². The fourth-order valence-electron chi connectivity index (χ4n) is 4.07. The Labute approximate surface area is 194 Å². The van der Waals surface area contributed by atoms with Crippen LogP contribution in [0.15, 0.2) is 29.1 Å². The molecule has 0 fully saturated rings. The van der Waals surface area contributed by atoms with Crippen LogP contribution in [0.3, 0.4) is 0 Å². The van der Waals surface area contributed by atoms with Crippen molar-refractivity contribution in [2.75, 3.05) is 19.8 Å². The number of aliphatic hydroxyl groups excluding tert-OH is 1. The number of ether oxygens (including phenoxy) is 1. The number of nitrogens with one attached hydrogen (secondary N) is 1. The molecule has 1 atom stereocenters. The molecule has 9 nitrogen and oxygen atoms in total. The van der Waals surface area contributed by atoms with Crippen molar-refractivity contribution in [3.63, 3.8) is 0 Å². The van der Waals surface area contributed by atoms with Crippen molar-refractivity contribution in [2.45, 2.75) is 72.0 Å². The Hall–Kier alpha value is -2.78. The summed E-state index contributed by atoms with van der Waals surface area (Å²) < 4.78 is 7.49. The van der Waals surface area contributed by atoms with Crippen LogP contribution in [0, 0.1) is 0 Å². The molecule has 0 radical (unpaired) electrons. The molecule has 0 amide bonds. The van der Waals surface area contributed by atoms with Gasteiger partial charge in [0.1, 0.15) is 5.75 Å². The van der Waals surface area contributed by atoms with Gasteiger partial charge in [0, 0.05) is 36.2 Å². The number of nitrogens with zero attached hydrogens (tertiary/aromatic N) is 5. The van der Waals surface area contributed by atoms with E-state index in [0.717, 1.165) is 35.3 Å². The van der Waals surface area contributed by atoms with Gasteiger partial charge in [-0.25, -0.2) is 4.68 Å². The lowest BCUT2D eigenvalue weighted by molar-refractivity contribution is 0.142. The molecule has 0 bridgehead atoms. The SMILES string of the molecule is CCC[C@@H](c1nnnn1C(C)(C)C)N(CCCO)Cc1cc2cc(OCC)ccc2[nH]c1=O. The highest BCUT2D eigenvalue weighted by Gasteiger charge is 2.30. The van der Waals surface area contributed by atoms with E-state index in [4.69, 9.17) is 4.74 Å². The Morgan fingerprint density at radius 1 is 1.24 bits per heavy atom. The number of H-pyrrole nitrogens is 1. The average Bonchev–Trinajstić information content (AvgIpc) is 3.26. The molecule has 1 aromatic carbocycles. The van der Waals surface area contributed by atoms with Gasteiger partial charge < -0.3 is 14.8 Å². The van der Waals surface area contributed by atoms with E-state index < -0.39 is 0 Å². The van der Waals surface area contributed by atoms with Crippen molar-refractivity contribution < 1.29 is 9.84 Å². The minimum atomic E-state index is -0.274. The van der Waals surface area contributed by atoms with Gasteiger partial charge >= 0.3 is 0 Å². The van der Waals surface area contributed by atoms with E-state index in [9.17, 15) is 9.90 Å². The Morgan fingerprint density at radius 3 is 2.70 bits per heavy atom. The van der Waals surface area contributed by atoms with Crippen LogP contribution in [0.25, 0.3) is 10.9 Å². The first-order valence-electron chi connectivity index (χ1n) is 11.7. The number of hydrogen-bond donors (Lipinski definition) is 2. The molecule has 0 unspecified atom stereocenters. The maximum absolute atomic E-state index is 12.9. The van der Waals surface area contributed by atoms with Crippen LogP contribution < -0.4 is 10.3 Å². The van der Waals surface area contributed by atoms with Gasteiger partial charge in [0.15, 0.2) is 5.82 Å². The summed E-state index contributed by atoms with van der Waals surface area (Å²) in [6, 6.07) is 7.52. The largest absolute Gasteiger partial charge is 0.494 e. The van der Waals surface area contributed by atoms with Gasteiger partial charge in [-0.2, -0.15) is 0 Å². The second kappa shape index (κ2) is 10.9. The molecule has 2 aromatic heterocycles. The third-order valence-corrected chi connectivity index (χ3v) is 5.61. The molecular weight excluding hydrogens is 420 g/mol. The molecule has 2 heterocycles. The zero-order valence-corrected chi connectivity index (χ0v) is 20.3. The second-order valence-electron chi connectivity index (χ2n) is 9.28. The summed E-state index contributed by atoms with van der Waals surface area (Å²) in [6.07, 6.45) is 2.36. The number of benzene rings is 1. The Bertz CT molecular complexity index is 1100. The topological polar surface area (TPSA) is 109 Å². The summed E-state index contributed by atoms with van der Waals surface area (Å²) in [5, 5.41) is 23.0. The lowest BCUT2D eigenvalue weighted by Gasteiger charge is -2.32. The van der Waals surface area contributed by atoms with E-state index in [0.29, 0.717) is 31.7 Å². The second-order valence-corrected chi connectivity index (χ2v) is 9.28. The third kappa shape index (κ3) is 5.97. The van der Waals surface area contributed by atoms with E-state index >= 15 is 0 Å². The predicted molar refractivity (Wildman–Crippen MR) is 128 cm³/mol. The average molecular weight is 457 g/mol. The lowest BCUT2D eigenvalue weighted by atomic mass is 10.0. The number of aromatic amines is 1. The Kier molecular flexibility index (Phi) is 8.20. The number of fused-ring (bicyclic) bond motifs is 1. The summed E-state index contributed by atoms with van der Waals surface area (Å²) in [5.74, 6) is 1.55. The quantitative estimate of drug-likeness (QED) is 0.455. The summed E-state index contributed by atoms with van der Waals surface area (Å²) in [7, 11) is 0. The third-order valence-electron chi connectivity index (χ3n) is 5.61. The summed E-state index contributed by atoms with van der Waals surface area (Å²) >= 11 is 0. The van der Waals surface area contributed by atoms with Crippen molar-refractivity contribution in [3.8, 4) is 5.75 Å². The zero-order chi connectivity index (χ0) is 24.0. The molecular formula is C24H36N6O3. The number of aromatic nitrogens is 5. The van der Waals surface area contributed by atoms with Crippen molar-refractivity contribution in [2.24, 2.45) is 0 Å². The van der Waals surface area contributed by atoms with Gasteiger partial charge in [-0.3, -0.25) is 9.69 Å². The molecule has 33 heavy (non-hydrogen) atoms. The zero-order valence-electron chi connectivity index (χ0n) is 20.3. The van der Waals surface area contributed by atoms with Gasteiger partial charge in [-0.05, 0) is 75.2 Å². The van der Waals surface area contributed by atoms with Crippen molar-refractivity contribution in [1.82, 2.24) is 30.1 Å². The number of tetrazole rings is 1. The van der Waals surface area contributed by atoms with Crippen molar-refractivity contribution in [1.29, 1.82) is 0 Å². The van der Waals surface area contributed by atoms with Crippen LogP contribution >= 0.6 is 0 Å². The number of hydrogen-bond acceptors (Lipinski definition) is 7. The van der Waals surface area contributed by atoms with Gasteiger partial charge in [0.05, 0.1) is 18.2 Å². The summed E-state index contributed by atoms with van der Waals surface area (Å²) in [6.45, 7) is 12.0. The van der Waals surface area contributed by atoms with Crippen LogP contribution in [0.1, 0.15) is 71.3 Å². The molecule has 0 aliphatic heterocycles. The van der Waals surface area contributed by atoms with Gasteiger partial charge in [-0.15, -0.1) is 5.10 Å². The molecule has 0 saturated carbocycles. The highest BCUT2D eigenvalue weighted by Crippen LogP contribution is 2.29. The van der Waals surface area contributed by atoms with Gasteiger partial charge in [0.25, 0.3) is 5.56 Å². The van der Waals surface area contributed by atoms with E-state index in [1.54, 1.807) is 0 Å². The molecule has 9 heteroatoms. The van der Waals surface area contributed by atoms with Crippen molar-refractivity contribution >= 4 is 10.9 Å². The van der Waals surface area contributed by atoms with Gasteiger partial charge in [0.2, 0.25) is 0 Å². The molecule has 0 spiro atoms. The number of aliphatic hydroxyl groups is 1. The number of pyridine rings is 1. The maximum Gasteiger partial charge on any atom is 0.252 e. The van der Waals surface area contributed by atoms with Gasteiger partial charge in [-0.1, -0.05) is 13.3 Å². The first-order valence-corrected chi connectivity index (χ1v) is 11.7. The normalized spacial score (nSPS) is 13.1.